The summed E-state index contributed by atoms with van der Waals surface area (Å²) in [6, 6.07) is 2.78. The first-order valence-corrected chi connectivity index (χ1v) is 8.47. The fourth-order valence-corrected chi connectivity index (χ4v) is 3.71. The fraction of sp³-hybridized carbons (Fsp3) is 0.533. The van der Waals surface area contributed by atoms with Crippen LogP contribution >= 0.6 is 11.3 Å². The molecule has 0 radical (unpaired) electrons. The van der Waals surface area contributed by atoms with E-state index in [9.17, 15) is 0 Å². The van der Waals surface area contributed by atoms with Crippen molar-refractivity contribution in [3.05, 3.63) is 28.2 Å². The highest BCUT2D eigenvalue weighted by Crippen LogP contribution is 2.38. The van der Waals surface area contributed by atoms with E-state index in [-0.39, 0.29) is 12.0 Å². The van der Waals surface area contributed by atoms with E-state index in [2.05, 4.69) is 43.6 Å². The molecular formula is C15H22N6S. The molecule has 0 amide bonds. The number of nitrogens with zero attached hydrogens (tertiary/aromatic N) is 5. The predicted molar refractivity (Wildman–Crippen MR) is 90.0 cm³/mol. The summed E-state index contributed by atoms with van der Waals surface area (Å²) in [6.45, 7) is 3.21. The first-order valence-electron chi connectivity index (χ1n) is 7.53. The summed E-state index contributed by atoms with van der Waals surface area (Å²) in [4.78, 5) is 17.4. The highest BCUT2D eigenvalue weighted by atomic mass is 32.1. The van der Waals surface area contributed by atoms with Crippen LogP contribution in [0.3, 0.4) is 0 Å². The van der Waals surface area contributed by atoms with Crippen LogP contribution < -0.4 is 10.6 Å². The number of hydrogen-bond donors (Lipinski definition) is 1. The van der Waals surface area contributed by atoms with Crippen LogP contribution in [0.25, 0.3) is 0 Å². The monoisotopic (exact) mass is 318 g/mol. The number of nitrogen functional groups attached to an aromatic ring is 1. The second-order valence-electron chi connectivity index (χ2n) is 5.87. The molecule has 0 bridgehead atoms. The Labute approximate surface area is 135 Å². The Morgan fingerprint density at radius 3 is 2.86 bits per heavy atom. The molecule has 3 heterocycles. The third kappa shape index (κ3) is 2.91. The van der Waals surface area contributed by atoms with E-state index in [0.29, 0.717) is 12.0 Å². The van der Waals surface area contributed by atoms with Gasteiger partial charge in [-0.1, -0.05) is 0 Å². The van der Waals surface area contributed by atoms with Gasteiger partial charge in [-0.15, -0.1) is 0 Å². The molecule has 22 heavy (non-hydrogen) atoms. The largest absolute Gasteiger partial charge is 0.368 e. The third-order valence-corrected chi connectivity index (χ3v) is 4.85. The van der Waals surface area contributed by atoms with Crippen molar-refractivity contribution in [3.63, 3.8) is 0 Å². The van der Waals surface area contributed by atoms with Gasteiger partial charge in [-0.05, 0) is 48.7 Å². The average molecular weight is 318 g/mol. The van der Waals surface area contributed by atoms with Crippen molar-refractivity contribution >= 4 is 23.2 Å². The molecule has 1 saturated heterocycles. The molecule has 2 aromatic heterocycles. The van der Waals surface area contributed by atoms with E-state index in [1.165, 1.54) is 18.4 Å². The summed E-state index contributed by atoms with van der Waals surface area (Å²) in [7, 11) is 3.82. The van der Waals surface area contributed by atoms with Gasteiger partial charge in [-0.25, -0.2) is 0 Å². The lowest BCUT2D eigenvalue weighted by Gasteiger charge is -2.29. The van der Waals surface area contributed by atoms with Crippen molar-refractivity contribution in [2.45, 2.75) is 31.8 Å². The Morgan fingerprint density at radius 1 is 1.36 bits per heavy atom. The molecule has 6 nitrogen and oxygen atoms in total. The van der Waals surface area contributed by atoms with Crippen molar-refractivity contribution in [1.29, 1.82) is 0 Å². The number of aromatic nitrogens is 3. The van der Waals surface area contributed by atoms with E-state index < -0.39 is 0 Å². The molecule has 2 aromatic rings. The second-order valence-corrected chi connectivity index (χ2v) is 6.65. The van der Waals surface area contributed by atoms with Crippen LogP contribution in [-0.2, 0) is 0 Å². The van der Waals surface area contributed by atoms with Gasteiger partial charge in [0.25, 0.3) is 0 Å². The lowest BCUT2D eigenvalue weighted by Crippen LogP contribution is -2.29. The molecular weight excluding hydrogens is 296 g/mol. The van der Waals surface area contributed by atoms with E-state index in [1.807, 2.05) is 19.0 Å². The molecule has 0 aromatic carbocycles. The number of rotatable bonds is 4. The lowest BCUT2D eigenvalue weighted by molar-refractivity contribution is 0.187. The zero-order valence-electron chi connectivity index (χ0n) is 13.2. The zero-order valence-corrected chi connectivity index (χ0v) is 14.0. The van der Waals surface area contributed by atoms with Crippen LogP contribution in [0.1, 0.15) is 43.2 Å². The van der Waals surface area contributed by atoms with Crippen molar-refractivity contribution in [2.75, 3.05) is 31.3 Å². The molecule has 118 valence electrons. The van der Waals surface area contributed by atoms with Gasteiger partial charge in [0.2, 0.25) is 11.9 Å². The van der Waals surface area contributed by atoms with Gasteiger partial charge in [0, 0.05) is 20.1 Å². The minimum absolute atomic E-state index is 0.122. The summed E-state index contributed by atoms with van der Waals surface area (Å²) in [5.74, 6) is 1.64. The van der Waals surface area contributed by atoms with Crippen molar-refractivity contribution in [2.24, 2.45) is 0 Å². The maximum atomic E-state index is 5.86. The Kier molecular flexibility index (Phi) is 4.26. The second kappa shape index (κ2) is 6.18. The molecule has 3 rings (SSSR count). The molecule has 1 aliphatic heterocycles. The SMILES string of the molecule is CC(c1nc(N)nc(N(C)C)n1)N1CCCC1c1ccsc1. The minimum Gasteiger partial charge on any atom is -0.368 e. The number of anilines is 2. The van der Waals surface area contributed by atoms with E-state index in [1.54, 1.807) is 11.3 Å². The number of hydrogen-bond acceptors (Lipinski definition) is 7. The molecule has 2 atom stereocenters. The molecule has 2 N–H and O–H groups in total. The maximum absolute atomic E-state index is 5.86. The maximum Gasteiger partial charge on any atom is 0.229 e. The average Bonchev–Trinajstić information content (AvgIpc) is 3.16. The van der Waals surface area contributed by atoms with Gasteiger partial charge in [-0.2, -0.15) is 26.3 Å². The summed E-state index contributed by atoms with van der Waals surface area (Å²) in [5.41, 5.74) is 7.25. The van der Waals surface area contributed by atoms with Crippen LogP contribution in [0.2, 0.25) is 0 Å². The molecule has 1 aliphatic rings. The summed E-state index contributed by atoms with van der Waals surface area (Å²) < 4.78 is 0. The van der Waals surface area contributed by atoms with Gasteiger partial charge in [0.05, 0.1) is 6.04 Å². The fourth-order valence-electron chi connectivity index (χ4n) is 3.01. The first kappa shape index (κ1) is 15.2. The van der Waals surface area contributed by atoms with Crippen LogP contribution in [0, 0.1) is 0 Å². The smallest absolute Gasteiger partial charge is 0.229 e. The van der Waals surface area contributed by atoms with Crippen LogP contribution in [0.4, 0.5) is 11.9 Å². The molecule has 0 saturated carbocycles. The highest BCUT2D eigenvalue weighted by Gasteiger charge is 2.32. The topological polar surface area (TPSA) is 71.2 Å². The molecule has 1 fully saturated rings. The first-order chi connectivity index (χ1) is 10.6. The quantitative estimate of drug-likeness (QED) is 0.934. The number of nitrogens with two attached hydrogens (primary N) is 1. The van der Waals surface area contributed by atoms with Crippen LogP contribution in [0.5, 0.6) is 0 Å². The van der Waals surface area contributed by atoms with Gasteiger partial charge >= 0.3 is 0 Å². The highest BCUT2D eigenvalue weighted by molar-refractivity contribution is 7.07. The number of likely N-dealkylation sites (tertiary alicyclic amines) is 1. The van der Waals surface area contributed by atoms with Crippen molar-refractivity contribution in [1.82, 2.24) is 19.9 Å². The van der Waals surface area contributed by atoms with Crippen molar-refractivity contribution in [3.8, 4) is 0 Å². The standard InChI is InChI=1S/C15H22N6S/c1-10(13-17-14(16)19-15(18-13)20(2)3)21-7-4-5-12(21)11-6-8-22-9-11/h6,8-10,12H,4-5,7H2,1-3H3,(H2,16,17,18,19). The molecule has 0 aliphatic carbocycles. The van der Waals surface area contributed by atoms with Crippen LogP contribution in [0.15, 0.2) is 16.8 Å². The molecule has 7 heteroatoms. The van der Waals surface area contributed by atoms with E-state index in [0.717, 1.165) is 12.4 Å². The van der Waals surface area contributed by atoms with Crippen LogP contribution in [-0.4, -0.2) is 40.5 Å². The normalized spacial score (nSPS) is 20.2. The zero-order chi connectivity index (χ0) is 15.7. The number of thiophene rings is 1. The van der Waals surface area contributed by atoms with E-state index >= 15 is 0 Å². The molecule has 2 unspecified atom stereocenters. The summed E-state index contributed by atoms with van der Waals surface area (Å²) in [6.07, 6.45) is 2.38. The molecule has 0 spiro atoms. The van der Waals surface area contributed by atoms with Crippen molar-refractivity contribution < 1.29 is 0 Å². The van der Waals surface area contributed by atoms with Gasteiger partial charge in [-0.3, -0.25) is 4.90 Å². The summed E-state index contributed by atoms with van der Waals surface area (Å²) in [5, 5.41) is 4.38. The third-order valence-electron chi connectivity index (χ3n) is 4.15. The Morgan fingerprint density at radius 2 is 2.18 bits per heavy atom. The van der Waals surface area contributed by atoms with Gasteiger partial charge < -0.3 is 10.6 Å². The van der Waals surface area contributed by atoms with Gasteiger partial charge in [0.15, 0.2) is 5.82 Å². The Hall–Kier alpha value is -1.73. The Bertz CT molecular complexity index is 627. The van der Waals surface area contributed by atoms with E-state index in [4.69, 9.17) is 5.73 Å². The summed E-state index contributed by atoms with van der Waals surface area (Å²) >= 11 is 1.75. The Balaban J connectivity index is 1.88. The minimum atomic E-state index is 0.122. The predicted octanol–water partition coefficient (Wildman–Crippen LogP) is 2.48. The lowest BCUT2D eigenvalue weighted by atomic mass is 10.1. The van der Waals surface area contributed by atoms with Gasteiger partial charge in [0.1, 0.15) is 0 Å².